The second-order valence-electron chi connectivity index (χ2n) is 7.06. The van der Waals surface area contributed by atoms with Crippen LogP contribution in [-0.4, -0.2) is 34.2 Å². The summed E-state index contributed by atoms with van der Waals surface area (Å²) in [6.07, 6.45) is 0.574. The average molecular weight is 427 g/mol. The highest BCUT2D eigenvalue weighted by molar-refractivity contribution is 7.80. The van der Waals surface area contributed by atoms with Crippen LogP contribution in [0.5, 0.6) is 0 Å². The molecule has 4 nitrogen and oxygen atoms in total. The Morgan fingerprint density at radius 1 is 1.32 bits per heavy atom. The summed E-state index contributed by atoms with van der Waals surface area (Å²) in [4.78, 5) is 18.0. The van der Waals surface area contributed by atoms with Gasteiger partial charge in [-0.15, -0.1) is 0 Å². The molecule has 0 spiro atoms. The zero-order valence-electron chi connectivity index (χ0n) is 15.5. The molecule has 0 unspecified atom stereocenters. The Balaban J connectivity index is 0.00000312. The molecular formula is C19H27BrN2O2S. The first-order chi connectivity index (χ1) is 11.3. The molecule has 0 aromatic heterocycles. The second-order valence-corrected chi connectivity index (χ2v) is 8.06. The summed E-state index contributed by atoms with van der Waals surface area (Å²) < 4.78 is 5.41. The molecule has 1 N–H and O–H groups in total. The molecule has 1 amide bonds. The second kappa shape index (κ2) is 9.43. The number of ether oxygens (including phenoxy) is 1. The molecule has 1 aromatic carbocycles. The van der Waals surface area contributed by atoms with Crippen LogP contribution >= 0.6 is 0 Å². The van der Waals surface area contributed by atoms with Crippen LogP contribution in [0.1, 0.15) is 46.6 Å². The molecule has 138 valence electrons. The van der Waals surface area contributed by atoms with E-state index >= 15 is 0 Å². The van der Waals surface area contributed by atoms with Crippen molar-refractivity contribution in [3.8, 4) is 0 Å². The van der Waals surface area contributed by atoms with Crippen molar-refractivity contribution in [2.24, 2.45) is 10.9 Å². The van der Waals surface area contributed by atoms with Crippen LogP contribution in [0.2, 0.25) is 0 Å². The fraction of sp³-hybridized carbons (Fsp3) is 0.526. The van der Waals surface area contributed by atoms with Gasteiger partial charge in [-0.1, -0.05) is 50.6 Å². The monoisotopic (exact) mass is 426 g/mol. The first-order valence-corrected chi connectivity index (χ1v) is 9.41. The summed E-state index contributed by atoms with van der Waals surface area (Å²) in [6.45, 7) is 9.86. The lowest BCUT2D eigenvalue weighted by atomic mass is 9.99. The Morgan fingerprint density at radius 2 is 1.96 bits per heavy atom. The van der Waals surface area contributed by atoms with Crippen LogP contribution in [0.25, 0.3) is 0 Å². The number of amides is 1. The first kappa shape index (κ1) is 21.8. The summed E-state index contributed by atoms with van der Waals surface area (Å²) in [6, 6.07) is 10.1. The van der Waals surface area contributed by atoms with Crippen molar-refractivity contribution in [1.29, 1.82) is 0 Å². The molecule has 2 atom stereocenters. The molecule has 6 heteroatoms. The van der Waals surface area contributed by atoms with Gasteiger partial charge in [0.25, 0.3) is 0 Å². The van der Waals surface area contributed by atoms with Gasteiger partial charge in [0.15, 0.2) is 0 Å². The van der Waals surface area contributed by atoms with E-state index in [1.54, 1.807) is 11.4 Å². The summed E-state index contributed by atoms with van der Waals surface area (Å²) in [5, 5.41) is 3.01. The normalized spacial score (nSPS) is 16.2. The zero-order chi connectivity index (χ0) is 17.7. The van der Waals surface area contributed by atoms with E-state index in [-0.39, 0.29) is 29.1 Å². The summed E-state index contributed by atoms with van der Waals surface area (Å²) >= 11 is 1.70. The molecule has 1 aliphatic heterocycles. The van der Waals surface area contributed by atoms with Gasteiger partial charge in [0.05, 0.1) is 0 Å². The molecule has 0 saturated carbocycles. The van der Waals surface area contributed by atoms with Gasteiger partial charge in [-0.05, 0) is 26.7 Å². The zero-order valence-corrected chi connectivity index (χ0v) is 17.9. The number of carbonyl (C=O) groups is 1. The van der Waals surface area contributed by atoms with Gasteiger partial charge in [0, 0.05) is 5.56 Å². The van der Waals surface area contributed by atoms with E-state index in [0.29, 0.717) is 5.92 Å². The molecule has 1 heterocycles. The van der Waals surface area contributed by atoms with E-state index in [0.717, 1.165) is 28.4 Å². The predicted molar refractivity (Wildman–Crippen MR) is 103 cm³/mol. The number of halogens is 1. The van der Waals surface area contributed by atoms with E-state index in [1.807, 2.05) is 39.0 Å². The van der Waals surface area contributed by atoms with E-state index < -0.39 is 5.60 Å². The van der Waals surface area contributed by atoms with Crippen LogP contribution in [0.15, 0.2) is 35.3 Å². The third-order valence-electron chi connectivity index (χ3n) is 3.86. The molecule has 0 saturated heterocycles. The number of nitrogens with zero attached hydrogens (tertiary/aromatic N) is 1. The molecule has 25 heavy (non-hydrogen) atoms. The van der Waals surface area contributed by atoms with Gasteiger partial charge in [0.2, 0.25) is 17.1 Å². The number of benzene rings is 1. The van der Waals surface area contributed by atoms with Crippen molar-refractivity contribution in [2.45, 2.75) is 52.7 Å². The number of rotatable bonds is 5. The van der Waals surface area contributed by atoms with Crippen molar-refractivity contribution in [3.05, 3.63) is 35.9 Å². The SMILES string of the molecule is CC[C@H](C)[C@H](NC(=O)OC(C)(C)C)C1=[S+]CC(c2ccccc2)=N1.[Br-]. The minimum atomic E-state index is -0.504. The maximum Gasteiger partial charge on any atom is 0.408 e. The summed E-state index contributed by atoms with van der Waals surface area (Å²) in [5.74, 6) is 1.13. The quantitative estimate of drug-likeness (QED) is 0.554. The lowest BCUT2D eigenvalue weighted by Crippen LogP contribution is -3.00. The Hall–Kier alpha value is -1.27. The predicted octanol–water partition coefficient (Wildman–Crippen LogP) is 0.645. The number of nitrogens with one attached hydrogen (secondary N) is 1. The third-order valence-corrected chi connectivity index (χ3v) is 4.92. The maximum atomic E-state index is 12.2. The van der Waals surface area contributed by atoms with Crippen molar-refractivity contribution in [2.75, 3.05) is 5.75 Å². The van der Waals surface area contributed by atoms with Crippen molar-refractivity contribution >= 4 is 28.1 Å². The van der Waals surface area contributed by atoms with Crippen LogP contribution in [0.3, 0.4) is 0 Å². The molecule has 0 bridgehead atoms. The van der Waals surface area contributed by atoms with Crippen LogP contribution < -0.4 is 22.3 Å². The highest BCUT2D eigenvalue weighted by atomic mass is 79.9. The number of carbonyl (C=O) groups excluding carboxylic acids is 1. The number of hydrogen-bond acceptors (Lipinski definition) is 3. The van der Waals surface area contributed by atoms with E-state index in [2.05, 4.69) is 31.3 Å². The van der Waals surface area contributed by atoms with Crippen LogP contribution in [0, 0.1) is 5.92 Å². The average Bonchev–Trinajstić information content (AvgIpc) is 3.00. The fourth-order valence-corrected chi connectivity index (χ4v) is 3.56. The highest BCUT2D eigenvalue weighted by Gasteiger charge is 2.35. The number of alkyl carbamates (subject to hydrolysis) is 1. The summed E-state index contributed by atoms with van der Waals surface area (Å²) in [5.41, 5.74) is 1.70. The molecule has 2 rings (SSSR count). The van der Waals surface area contributed by atoms with Crippen molar-refractivity contribution < 1.29 is 26.5 Å². The van der Waals surface area contributed by atoms with Gasteiger partial charge < -0.3 is 27.0 Å². The number of hydrogen-bond donors (Lipinski definition) is 1. The maximum absolute atomic E-state index is 12.2. The van der Waals surface area contributed by atoms with E-state index in [9.17, 15) is 4.79 Å². The Morgan fingerprint density at radius 3 is 2.52 bits per heavy atom. The van der Waals surface area contributed by atoms with Crippen LogP contribution in [0.4, 0.5) is 4.79 Å². The third kappa shape index (κ3) is 6.51. The Labute approximate surface area is 165 Å². The van der Waals surface area contributed by atoms with E-state index in [1.165, 1.54) is 0 Å². The molecular weight excluding hydrogens is 400 g/mol. The molecule has 1 aromatic rings. The van der Waals surface area contributed by atoms with Gasteiger partial charge in [-0.3, -0.25) is 0 Å². The fourth-order valence-electron chi connectivity index (χ4n) is 2.40. The number of aliphatic imine (C=N–C) groups is 1. The lowest BCUT2D eigenvalue weighted by Gasteiger charge is -2.24. The smallest absolute Gasteiger partial charge is 0.408 e. The van der Waals surface area contributed by atoms with E-state index in [4.69, 9.17) is 9.73 Å². The minimum absolute atomic E-state index is 0. The standard InChI is InChI=1S/C19H26N2O2S.BrH/c1-6-13(2)16(21-18(22)23-19(3,4)5)17-20-15(12-24-17)14-10-8-7-9-11-14;/h7-11,13,16H,6,12H2,1-5H3;1H/t13-,16-;/m0./s1. The van der Waals surface area contributed by atoms with Crippen LogP contribution in [-0.2, 0) is 16.1 Å². The molecule has 0 aliphatic carbocycles. The summed E-state index contributed by atoms with van der Waals surface area (Å²) in [7, 11) is 0. The van der Waals surface area contributed by atoms with Gasteiger partial charge in [0.1, 0.15) is 17.4 Å². The molecule has 0 radical (unpaired) electrons. The minimum Gasteiger partial charge on any atom is -1.00 e. The van der Waals surface area contributed by atoms with Gasteiger partial charge in [-0.25, -0.2) is 4.79 Å². The van der Waals surface area contributed by atoms with Crippen molar-refractivity contribution in [1.82, 2.24) is 5.32 Å². The first-order valence-electron chi connectivity index (χ1n) is 8.42. The molecule has 1 aliphatic rings. The topological polar surface area (TPSA) is 50.7 Å². The largest absolute Gasteiger partial charge is 1.00 e. The van der Waals surface area contributed by atoms with Crippen molar-refractivity contribution in [3.63, 3.8) is 0 Å². The Bertz CT molecular complexity index is 639. The highest BCUT2D eigenvalue weighted by Crippen LogP contribution is 2.16. The van der Waals surface area contributed by atoms with Gasteiger partial charge >= 0.3 is 11.1 Å². The lowest BCUT2D eigenvalue weighted by molar-refractivity contribution is -0.0000276. The van der Waals surface area contributed by atoms with Gasteiger partial charge in [-0.2, -0.15) is 4.99 Å². The molecule has 0 fully saturated rings. The Kier molecular flexibility index (Phi) is 8.22.